The summed E-state index contributed by atoms with van der Waals surface area (Å²) >= 11 is 6.29. The summed E-state index contributed by atoms with van der Waals surface area (Å²) in [5.41, 5.74) is 10.0. The lowest BCUT2D eigenvalue weighted by atomic mass is 9.97. The van der Waals surface area contributed by atoms with E-state index in [1.165, 1.54) is 16.5 Å². The van der Waals surface area contributed by atoms with E-state index in [2.05, 4.69) is 55.3 Å². The molecule has 0 saturated carbocycles. The van der Waals surface area contributed by atoms with Crippen LogP contribution in [0.2, 0.25) is 5.02 Å². The largest absolute Gasteiger partial charge is 0.397 e. The molecular formula is C30H36ClN7O. The van der Waals surface area contributed by atoms with E-state index in [0.717, 1.165) is 63.4 Å². The zero-order valence-electron chi connectivity index (χ0n) is 22.4. The highest BCUT2D eigenvalue weighted by atomic mass is 35.5. The van der Waals surface area contributed by atoms with Crippen molar-refractivity contribution in [3.63, 3.8) is 0 Å². The standard InChI is InChI=1S/C30H36ClN7O/c1-2-13-38-20-22(25-16-24(31)7-8-28(25)38)9-12-33-17-21-10-14-37(15-11-21)30-34-18-23(19-35-30)29(39)36-27-6-4-3-5-26(27)32/h3-8,16,18-21,33H,2,9-15,17,32H2,1H3,(H,36,39). The molecule has 1 aliphatic heterocycles. The monoisotopic (exact) mass is 545 g/mol. The Morgan fingerprint density at radius 3 is 2.64 bits per heavy atom. The molecule has 0 bridgehead atoms. The van der Waals surface area contributed by atoms with E-state index >= 15 is 0 Å². The smallest absolute Gasteiger partial charge is 0.258 e. The van der Waals surface area contributed by atoms with E-state index in [4.69, 9.17) is 17.3 Å². The fourth-order valence-electron chi connectivity index (χ4n) is 5.24. The summed E-state index contributed by atoms with van der Waals surface area (Å²) in [6.07, 6.45) is 9.70. The Morgan fingerprint density at radius 1 is 1.13 bits per heavy atom. The molecule has 0 spiro atoms. The maximum atomic E-state index is 12.5. The van der Waals surface area contributed by atoms with Crippen LogP contribution in [0.15, 0.2) is 61.1 Å². The summed E-state index contributed by atoms with van der Waals surface area (Å²) in [5.74, 6) is 1.01. The molecule has 0 aliphatic carbocycles. The minimum absolute atomic E-state index is 0.276. The molecule has 4 N–H and O–H groups in total. The lowest BCUT2D eigenvalue weighted by molar-refractivity contribution is 0.102. The number of nitrogens with one attached hydrogen (secondary N) is 2. The average Bonchev–Trinajstić information content (AvgIpc) is 3.29. The molecule has 0 atom stereocenters. The number of para-hydroxylation sites is 2. The van der Waals surface area contributed by atoms with Crippen molar-refractivity contribution in [1.29, 1.82) is 0 Å². The number of amides is 1. The molecule has 204 valence electrons. The second-order valence-electron chi connectivity index (χ2n) is 10.2. The van der Waals surface area contributed by atoms with Crippen LogP contribution in [-0.2, 0) is 13.0 Å². The average molecular weight is 546 g/mol. The molecule has 8 nitrogen and oxygen atoms in total. The van der Waals surface area contributed by atoms with Gasteiger partial charge in [-0.3, -0.25) is 4.79 Å². The molecule has 2 aromatic heterocycles. The number of piperidine rings is 1. The molecule has 1 fully saturated rings. The summed E-state index contributed by atoms with van der Waals surface area (Å²) < 4.78 is 2.34. The minimum atomic E-state index is -0.276. The molecular weight excluding hydrogens is 510 g/mol. The molecule has 1 saturated heterocycles. The summed E-state index contributed by atoms with van der Waals surface area (Å²) in [7, 11) is 0. The van der Waals surface area contributed by atoms with Crippen LogP contribution in [0, 0.1) is 5.92 Å². The molecule has 0 radical (unpaired) electrons. The number of benzene rings is 2. The van der Waals surface area contributed by atoms with Crippen molar-refractivity contribution in [2.75, 3.05) is 42.1 Å². The first-order chi connectivity index (χ1) is 19.0. The molecule has 5 rings (SSSR count). The number of carbonyl (C=O) groups excluding carboxylic acids is 1. The third-order valence-electron chi connectivity index (χ3n) is 7.40. The van der Waals surface area contributed by atoms with Crippen molar-refractivity contribution in [2.45, 2.75) is 39.2 Å². The van der Waals surface area contributed by atoms with Crippen LogP contribution >= 0.6 is 11.6 Å². The maximum Gasteiger partial charge on any atom is 0.258 e. The van der Waals surface area contributed by atoms with Gasteiger partial charge in [0.05, 0.1) is 16.9 Å². The van der Waals surface area contributed by atoms with Crippen molar-refractivity contribution in [3.8, 4) is 0 Å². The van der Waals surface area contributed by atoms with Crippen LogP contribution < -0.4 is 21.3 Å². The number of fused-ring (bicyclic) bond motifs is 1. The first-order valence-corrected chi connectivity index (χ1v) is 14.1. The van der Waals surface area contributed by atoms with Gasteiger partial charge in [-0.05, 0) is 80.6 Å². The number of halogens is 1. The highest BCUT2D eigenvalue weighted by molar-refractivity contribution is 6.31. The van der Waals surface area contributed by atoms with Gasteiger partial charge in [-0.25, -0.2) is 9.97 Å². The number of anilines is 3. The van der Waals surface area contributed by atoms with Gasteiger partial charge in [0.25, 0.3) is 5.91 Å². The quantitative estimate of drug-likeness (QED) is 0.183. The summed E-state index contributed by atoms with van der Waals surface area (Å²) in [5, 5.41) is 8.54. The van der Waals surface area contributed by atoms with Crippen LogP contribution in [0.25, 0.3) is 10.9 Å². The lowest BCUT2D eigenvalue weighted by Gasteiger charge is -2.32. The Hall–Kier alpha value is -3.62. The summed E-state index contributed by atoms with van der Waals surface area (Å²) in [4.78, 5) is 23.7. The fraction of sp³-hybridized carbons (Fsp3) is 0.367. The number of nitrogen functional groups attached to an aromatic ring is 1. The molecule has 2 aromatic carbocycles. The first kappa shape index (κ1) is 27.0. The number of nitrogens with two attached hydrogens (primary N) is 1. The first-order valence-electron chi connectivity index (χ1n) is 13.7. The van der Waals surface area contributed by atoms with Crippen molar-refractivity contribution in [1.82, 2.24) is 19.9 Å². The molecule has 1 aliphatic rings. The lowest BCUT2D eigenvalue weighted by Crippen LogP contribution is -2.38. The second-order valence-corrected chi connectivity index (χ2v) is 10.6. The van der Waals surface area contributed by atoms with Gasteiger partial charge in [-0.1, -0.05) is 30.7 Å². The molecule has 39 heavy (non-hydrogen) atoms. The third kappa shape index (κ3) is 6.52. The van der Waals surface area contributed by atoms with Crippen LogP contribution in [0.1, 0.15) is 42.1 Å². The van der Waals surface area contributed by atoms with Gasteiger partial charge in [-0.2, -0.15) is 0 Å². The van der Waals surface area contributed by atoms with E-state index in [9.17, 15) is 4.79 Å². The van der Waals surface area contributed by atoms with Crippen molar-refractivity contribution in [3.05, 3.63) is 77.2 Å². The second kappa shape index (κ2) is 12.5. The topological polar surface area (TPSA) is 101 Å². The van der Waals surface area contributed by atoms with Gasteiger partial charge < -0.3 is 25.8 Å². The highest BCUT2D eigenvalue weighted by Crippen LogP contribution is 2.26. The predicted molar refractivity (Wildman–Crippen MR) is 160 cm³/mol. The van der Waals surface area contributed by atoms with Gasteiger partial charge in [-0.15, -0.1) is 0 Å². The Kier molecular flexibility index (Phi) is 8.64. The van der Waals surface area contributed by atoms with Gasteiger partial charge in [0, 0.05) is 54.2 Å². The van der Waals surface area contributed by atoms with Gasteiger partial charge in [0.15, 0.2) is 0 Å². The Morgan fingerprint density at radius 2 is 1.90 bits per heavy atom. The van der Waals surface area contributed by atoms with Crippen LogP contribution in [0.3, 0.4) is 0 Å². The zero-order valence-corrected chi connectivity index (χ0v) is 23.1. The van der Waals surface area contributed by atoms with E-state index in [1.54, 1.807) is 24.5 Å². The normalized spacial score (nSPS) is 14.2. The fourth-order valence-corrected chi connectivity index (χ4v) is 5.41. The molecule has 3 heterocycles. The summed E-state index contributed by atoms with van der Waals surface area (Å²) in [6, 6.07) is 13.4. The van der Waals surface area contributed by atoms with Crippen LogP contribution in [-0.4, -0.2) is 46.6 Å². The van der Waals surface area contributed by atoms with Crippen LogP contribution in [0.4, 0.5) is 17.3 Å². The van der Waals surface area contributed by atoms with E-state index < -0.39 is 0 Å². The number of hydrogen-bond acceptors (Lipinski definition) is 6. The van der Waals surface area contributed by atoms with Gasteiger partial charge in [0.2, 0.25) is 5.95 Å². The van der Waals surface area contributed by atoms with E-state index in [-0.39, 0.29) is 5.91 Å². The Balaban J connectivity index is 1.07. The predicted octanol–water partition coefficient (Wildman–Crippen LogP) is 5.38. The van der Waals surface area contributed by atoms with Crippen molar-refractivity contribution in [2.24, 2.45) is 5.92 Å². The number of aryl methyl sites for hydroxylation is 1. The Bertz CT molecular complexity index is 1410. The SMILES string of the molecule is CCCn1cc(CCNCC2CCN(c3ncc(C(=O)Nc4ccccc4N)cn3)CC2)c2cc(Cl)ccc21. The number of carbonyl (C=O) groups is 1. The van der Waals surface area contributed by atoms with Gasteiger partial charge in [0.1, 0.15) is 0 Å². The molecule has 4 aromatic rings. The van der Waals surface area contributed by atoms with Crippen LogP contribution in [0.5, 0.6) is 0 Å². The van der Waals surface area contributed by atoms with Crippen molar-refractivity contribution < 1.29 is 4.79 Å². The molecule has 9 heteroatoms. The molecule has 0 unspecified atom stereocenters. The minimum Gasteiger partial charge on any atom is -0.397 e. The highest BCUT2D eigenvalue weighted by Gasteiger charge is 2.21. The maximum absolute atomic E-state index is 12.5. The van der Waals surface area contributed by atoms with Gasteiger partial charge >= 0.3 is 0 Å². The van der Waals surface area contributed by atoms with Crippen molar-refractivity contribution >= 4 is 45.7 Å². The van der Waals surface area contributed by atoms with E-state index in [1.807, 2.05) is 18.2 Å². The molecule has 1 amide bonds. The number of hydrogen-bond donors (Lipinski definition) is 3. The number of nitrogens with zero attached hydrogens (tertiary/aromatic N) is 4. The summed E-state index contributed by atoms with van der Waals surface area (Å²) in [6.45, 7) is 6.98. The van der Waals surface area contributed by atoms with E-state index in [0.29, 0.717) is 28.8 Å². The number of rotatable bonds is 10. The third-order valence-corrected chi connectivity index (χ3v) is 7.64. The number of aromatic nitrogens is 3. The Labute approximate surface area is 234 Å². The zero-order chi connectivity index (χ0) is 27.2.